The molecule has 0 saturated carbocycles. The molecule has 132 valence electrons. The molecule has 1 aliphatic heterocycles. The Bertz CT molecular complexity index is 451. The minimum atomic E-state index is -0.416. The number of methoxy groups -OCH3 is 1. The van der Waals surface area contributed by atoms with Gasteiger partial charge in [-0.1, -0.05) is 12.1 Å². The number of piperazine rings is 1. The molecule has 2 rings (SSSR count). The predicted molar refractivity (Wildman–Crippen MR) is 96.0 cm³/mol. The van der Waals surface area contributed by atoms with E-state index >= 15 is 0 Å². The maximum atomic E-state index is 10.0. The lowest BCUT2D eigenvalue weighted by molar-refractivity contribution is -0.00900. The van der Waals surface area contributed by atoms with Gasteiger partial charge < -0.3 is 19.5 Å². The van der Waals surface area contributed by atoms with E-state index in [4.69, 9.17) is 9.47 Å². The van der Waals surface area contributed by atoms with E-state index in [1.54, 1.807) is 7.11 Å². The van der Waals surface area contributed by atoms with Crippen LogP contribution in [-0.4, -0.2) is 68.7 Å². The van der Waals surface area contributed by atoms with Crippen LogP contribution in [0, 0.1) is 0 Å². The number of para-hydroxylation sites is 2. The molecule has 1 N–H and O–H groups in total. The highest BCUT2D eigenvalue weighted by Gasteiger charge is 2.21. The Morgan fingerprint density at radius 2 is 1.78 bits per heavy atom. The summed E-state index contributed by atoms with van der Waals surface area (Å²) in [5.41, 5.74) is 1.15. The van der Waals surface area contributed by atoms with Crippen molar-refractivity contribution >= 4 is 18.1 Å². The monoisotopic (exact) mass is 344 g/mol. The van der Waals surface area contributed by atoms with Gasteiger partial charge in [0.25, 0.3) is 0 Å². The van der Waals surface area contributed by atoms with E-state index in [-0.39, 0.29) is 18.5 Å². The number of β-amino-alcohol motifs (C(OH)–C–C–N with tert-alkyl or cyclic N) is 1. The first-order valence-corrected chi connectivity index (χ1v) is 8.00. The fraction of sp³-hybridized carbons (Fsp3) is 0.647. The molecule has 1 aromatic rings. The zero-order chi connectivity index (χ0) is 15.9. The van der Waals surface area contributed by atoms with Gasteiger partial charge in [-0.15, -0.1) is 12.4 Å². The van der Waals surface area contributed by atoms with Crippen molar-refractivity contribution in [1.82, 2.24) is 4.90 Å². The lowest BCUT2D eigenvalue weighted by atomic mass is 10.2. The van der Waals surface area contributed by atoms with E-state index in [0.717, 1.165) is 37.6 Å². The van der Waals surface area contributed by atoms with Crippen LogP contribution in [0.3, 0.4) is 0 Å². The number of hydrogen-bond donors (Lipinski definition) is 1. The van der Waals surface area contributed by atoms with Gasteiger partial charge >= 0.3 is 0 Å². The molecule has 0 aliphatic carbocycles. The van der Waals surface area contributed by atoms with Crippen molar-refractivity contribution in [2.24, 2.45) is 0 Å². The number of hydrogen-bond acceptors (Lipinski definition) is 5. The smallest absolute Gasteiger partial charge is 0.142 e. The third kappa shape index (κ3) is 6.18. The molecular formula is C17H29ClN2O3. The number of benzene rings is 1. The summed E-state index contributed by atoms with van der Waals surface area (Å²) < 4.78 is 10.9. The average Bonchev–Trinajstić information content (AvgIpc) is 2.53. The Balaban J connectivity index is 0.00000264. The number of aliphatic hydroxyl groups excluding tert-OH is 1. The summed E-state index contributed by atoms with van der Waals surface area (Å²) in [5.74, 6) is 0.918. The van der Waals surface area contributed by atoms with Crippen LogP contribution in [0.25, 0.3) is 0 Å². The molecule has 0 aromatic heterocycles. The molecule has 0 spiro atoms. The van der Waals surface area contributed by atoms with Crippen molar-refractivity contribution < 1.29 is 14.6 Å². The molecule has 1 heterocycles. The average molecular weight is 345 g/mol. The second kappa shape index (κ2) is 9.98. The maximum Gasteiger partial charge on any atom is 0.142 e. The zero-order valence-electron chi connectivity index (χ0n) is 14.3. The molecule has 0 amide bonds. The molecule has 0 bridgehead atoms. The third-order valence-electron chi connectivity index (χ3n) is 3.89. The number of ether oxygens (including phenoxy) is 2. The topological polar surface area (TPSA) is 45.2 Å². The summed E-state index contributed by atoms with van der Waals surface area (Å²) in [6.45, 7) is 8.82. The van der Waals surface area contributed by atoms with Gasteiger partial charge in [0.2, 0.25) is 0 Å². The summed E-state index contributed by atoms with van der Waals surface area (Å²) in [6.07, 6.45) is -0.253. The van der Waals surface area contributed by atoms with E-state index in [1.807, 2.05) is 32.0 Å². The third-order valence-corrected chi connectivity index (χ3v) is 3.89. The molecule has 1 atom stereocenters. The molecule has 1 unspecified atom stereocenters. The quantitative estimate of drug-likeness (QED) is 0.820. The lowest BCUT2D eigenvalue weighted by Gasteiger charge is -2.37. The van der Waals surface area contributed by atoms with Crippen LogP contribution in [0.5, 0.6) is 5.75 Å². The Morgan fingerprint density at radius 1 is 1.13 bits per heavy atom. The molecule has 0 radical (unpaired) electrons. The van der Waals surface area contributed by atoms with Crippen LogP contribution in [0.1, 0.15) is 13.8 Å². The summed E-state index contributed by atoms with van der Waals surface area (Å²) in [5, 5.41) is 10.0. The number of aliphatic hydroxyl groups is 1. The van der Waals surface area contributed by atoms with Crippen molar-refractivity contribution in [3.8, 4) is 5.75 Å². The zero-order valence-corrected chi connectivity index (χ0v) is 15.1. The first kappa shape index (κ1) is 20.0. The highest BCUT2D eigenvalue weighted by atomic mass is 35.5. The maximum absolute atomic E-state index is 10.0. The van der Waals surface area contributed by atoms with Gasteiger partial charge in [0.05, 0.1) is 31.6 Å². The summed E-state index contributed by atoms with van der Waals surface area (Å²) in [4.78, 5) is 4.63. The Hall–Kier alpha value is -1.01. The molecule has 23 heavy (non-hydrogen) atoms. The lowest BCUT2D eigenvalue weighted by Crippen LogP contribution is -2.49. The van der Waals surface area contributed by atoms with Crippen LogP contribution in [0.15, 0.2) is 24.3 Å². The summed E-state index contributed by atoms with van der Waals surface area (Å²) >= 11 is 0. The van der Waals surface area contributed by atoms with E-state index in [9.17, 15) is 5.11 Å². The van der Waals surface area contributed by atoms with Gasteiger partial charge in [0, 0.05) is 32.7 Å². The number of halogens is 1. The molecule has 5 nitrogen and oxygen atoms in total. The SMILES string of the molecule is COc1ccccc1N1CCN(CC(O)COC(C)C)CC1.Cl. The number of anilines is 1. The van der Waals surface area contributed by atoms with Crippen molar-refractivity contribution in [3.05, 3.63) is 24.3 Å². The van der Waals surface area contributed by atoms with Gasteiger partial charge in [-0.25, -0.2) is 0 Å². The van der Waals surface area contributed by atoms with Crippen molar-refractivity contribution in [1.29, 1.82) is 0 Å². The predicted octanol–water partition coefficient (Wildman–Crippen LogP) is 2.02. The summed E-state index contributed by atoms with van der Waals surface area (Å²) in [6, 6.07) is 8.12. The number of rotatable bonds is 7. The Kier molecular flexibility index (Phi) is 8.69. The molecule has 1 aliphatic rings. The fourth-order valence-corrected chi connectivity index (χ4v) is 2.72. The molecular weight excluding hydrogens is 316 g/mol. The van der Waals surface area contributed by atoms with Crippen LogP contribution >= 0.6 is 12.4 Å². The van der Waals surface area contributed by atoms with Gasteiger partial charge in [-0.3, -0.25) is 4.90 Å². The van der Waals surface area contributed by atoms with Gasteiger partial charge in [-0.05, 0) is 26.0 Å². The Labute approximate surface area is 145 Å². The largest absolute Gasteiger partial charge is 0.495 e. The van der Waals surface area contributed by atoms with Crippen LogP contribution in [0.4, 0.5) is 5.69 Å². The highest BCUT2D eigenvalue weighted by molar-refractivity contribution is 5.85. The first-order valence-electron chi connectivity index (χ1n) is 8.00. The summed E-state index contributed by atoms with van der Waals surface area (Å²) in [7, 11) is 1.71. The van der Waals surface area contributed by atoms with Crippen molar-refractivity contribution in [3.63, 3.8) is 0 Å². The van der Waals surface area contributed by atoms with E-state index < -0.39 is 6.10 Å². The fourth-order valence-electron chi connectivity index (χ4n) is 2.72. The second-order valence-corrected chi connectivity index (χ2v) is 6.00. The van der Waals surface area contributed by atoms with Crippen LogP contribution in [-0.2, 0) is 4.74 Å². The number of nitrogens with zero attached hydrogens (tertiary/aromatic N) is 2. The van der Waals surface area contributed by atoms with Gasteiger partial charge in [0.1, 0.15) is 5.75 Å². The van der Waals surface area contributed by atoms with Crippen LogP contribution < -0.4 is 9.64 Å². The standard InChI is InChI=1S/C17H28N2O3.ClH/c1-14(2)22-13-15(20)12-18-8-10-19(11-9-18)16-6-4-5-7-17(16)21-3;/h4-7,14-15,20H,8-13H2,1-3H3;1H. The van der Waals surface area contributed by atoms with Gasteiger partial charge in [-0.2, -0.15) is 0 Å². The Morgan fingerprint density at radius 3 is 2.39 bits per heavy atom. The normalized spacial score (nSPS) is 17.0. The minimum absolute atomic E-state index is 0. The molecule has 1 aromatic carbocycles. The molecule has 6 heteroatoms. The highest BCUT2D eigenvalue weighted by Crippen LogP contribution is 2.28. The molecule has 1 fully saturated rings. The minimum Gasteiger partial charge on any atom is -0.495 e. The first-order chi connectivity index (χ1) is 10.6. The van der Waals surface area contributed by atoms with Crippen LogP contribution in [0.2, 0.25) is 0 Å². The van der Waals surface area contributed by atoms with Gasteiger partial charge in [0.15, 0.2) is 0 Å². The second-order valence-electron chi connectivity index (χ2n) is 6.00. The van der Waals surface area contributed by atoms with E-state index in [1.165, 1.54) is 0 Å². The van der Waals surface area contributed by atoms with Crippen molar-refractivity contribution in [2.45, 2.75) is 26.1 Å². The van der Waals surface area contributed by atoms with Crippen molar-refractivity contribution in [2.75, 3.05) is 51.3 Å². The van der Waals surface area contributed by atoms with E-state index in [0.29, 0.717) is 13.2 Å². The van der Waals surface area contributed by atoms with E-state index in [2.05, 4.69) is 15.9 Å². The molecule has 1 saturated heterocycles.